The van der Waals surface area contributed by atoms with E-state index in [1.807, 2.05) is 12.1 Å². The van der Waals surface area contributed by atoms with Crippen molar-refractivity contribution in [3.8, 4) is 0 Å². The Kier molecular flexibility index (Phi) is 4.81. The number of halogens is 1. The molecule has 0 amide bonds. The summed E-state index contributed by atoms with van der Waals surface area (Å²) in [6.45, 7) is 2.00. The SMILES string of the molecule is CC(Sc1cn[nH]n1)C(=O)OCc1ccc(Cl)cc1. The number of aromatic amines is 1. The first-order valence-electron chi connectivity index (χ1n) is 5.58. The van der Waals surface area contributed by atoms with Gasteiger partial charge in [0.25, 0.3) is 0 Å². The molecule has 0 bridgehead atoms. The maximum atomic E-state index is 11.8. The normalized spacial score (nSPS) is 12.1. The van der Waals surface area contributed by atoms with Gasteiger partial charge in [-0.05, 0) is 24.6 Å². The molecule has 0 saturated carbocycles. The van der Waals surface area contributed by atoms with Gasteiger partial charge < -0.3 is 4.74 Å². The first-order valence-corrected chi connectivity index (χ1v) is 6.84. The van der Waals surface area contributed by atoms with E-state index in [2.05, 4.69) is 15.4 Å². The van der Waals surface area contributed by atoms with Crippen molar-refractivity contribution in [1.82, 2.24) is 15.4 Å². The smallest absolute Gasteiger partial charge is 0.319 e. The second-order valence-corrected chi connectivity index (χ2v) is 5.60. The van der Waals surface area contributed by atoms with Crippen molar-refractivity contribution in [2.45, 2.75) is 23.8 Å². The Balaban J connectivity index is 1.82. The lowest BCUT2D eigenvalue weighted by atomic mass is 10.2. The molecule has 0 aliphatic rings. The molecule has 0 radical (unpaired) electrons. The van der Waals surface area contributed by atoms with Gasteiger partial charge in [-0.25, -0.2) is 0 Å². The van der Waals surface area contributed by atoms with E-state index in [1.54, 1.807) is 25.3 Å². The average molecular weight is 298 g/mol. The number of ether oxygens (including phenoxy) is 1. The zero-order valence-corrected chi connectivity index (χ0v) is 11.7. The molecule has 7 heteroatoms. The first-order chi connectivity index (χ1) is 9.15. The number of nitrogens with one attached hydrogen (secondary N) is 1. The van der Waals surface area contributed by atoms with E-state index in [0.29, 0.717) is 10.0 Å². The third-order valence-corrected chi connectivity index (χ3v) is 3.55. The second kappa shape index (κ2) is 6.58. The van der Waals surface area contributed by atoms with Crippen LogP contribution in [0.4, 0.5) is 0 Å². The van der Waals surface area contributed by atoms with Crippen LogP contribution in [-0.2, 0) is 16.1 Å². The molecule has 1 aromatic carbocycles. The van der Waals surface area contributed by atoms with Crippen LogP contribution < -0.4 is 0 Å². The van der Waals surface area contributed by atoms with E-state index in [-0.39, 0.29) is 17.8 Å². The minimum atomic E-state index is -0.336. The summed E-state index contributed by atoms with van der Waals surface area (Å²) in [6.07, 6.45) is 1.56. The average Bonchev–Trinajstić information content (AvgIpc) is 2.90. The number of aromatic nitrogens is 3. The number of hydrogen-bond donors (Lipinski definition) is 1. The minimum Gasteiger partial charge on any atom is -0.460 e. The van der Waals surface area contributed by atoms with E-state index >= 15 is 0 Å². The number of carbonyl (C=O) groups excluding carboxylic acids is 1. The summed E-state index contributed by atoms with van der Waals surface area (Å²) < 4.78 is 5.22. The highest BCUT2D eigenvalue weighted by molar-refractivity contribution is 8.00. The number of esters is 1. The van der Waals surface area contributed by atoms with Gasteiger partial charge >= 0.3 is 5.97 Å². The van der Waals surface area contributed by atoms with Gasteiger partial charge in [0.15, 0.2) is 0 Å². The van der Waals surface area contributed by atoms with Gasteiger partial charge in [-0.1, -0.05) is 35.5 Å². The number of hydrogen-bond acceptors (Lipinski definition) is 5. The number of thioether (sulfide) groups is 1. The van der Waals surface area contributed by atoms with Crippen molar-refractivity contribution in [2.75, 3.05) is 0 Å². The predicted octanol–water partition coefficient (Wildman–Crippen LogP) is 2.68. The highest BCUT2D eigenvalue weighted by atomic mass is 35.5. The molecule has 100 valence electrons. The van der Waals surface area contributed by atoms with Crippen molar-refractivity contribution in [1.29, 1.82) is 0 Å². The fourth-order valence-electron chi connectivity index (χ4n) is 1.33. The molecule has 0 spiro atoms. The molecule has 1 unspecified atom stereocenters. The molecule has 1 atom stereocenters. The van der Waals surface area contributed by atoms with Crippen molar-refractivity contribution >= 4 is 29.3 Å². The first kappa shape index (κ1) is 13.9. The van der Waals surface area contributed by atoms with Crippen LogP contribution in [0, 0.1) is 0 Å². The maximum absolute atomic E-state index is 11.8. The number of H-pyrrole nitrogens is 1. The monoisotopic (exact) mass is 297 g/mol. The number of carbonyl (C=O) groups is 1. The molecule has 2 rings (SSSR count). The Morgan fingerprint density at radius 2 is 2.21 bits per heavy atom. The molecule has 1 aromatic heterocycles. The van der Waals surface area contributed by atoms with Crippen LogP contribution in [0.15, 0.2) is 35.5 Å². The van der Waals surface area contributed by atoms with Crippen LogP contribution in [-0.4, -0.2) is 26.6 Å². The Labute approximate surface area is 119 Å². The second-order valence-electron chi connectivity index (χ2n) is 3.80. The largest absolute Gasteiger partial charge is 0.460 e. The molecule has 0 aliphatic heterocycles. The molecule has 19 heavy (non-hydrogen) atoms. The van der Waals surface area contributed by atoms with E-state index in [9.17, 15) is 4.79 Å². The fraction of sp³-hybridized carbons (Fsp3) is 0.250. The molecule has 2 aromatic rings. The zero-order valence-electron chi connectivity index (χ0n) is 10.2. The summed E-state index contributed by atoms with van der Waals surface area (Å²) in [5.74, 6) is -0.289. The van der Waals surface area contributed by atoms with Gasteiger partial charge in [-0.2, -0.15) is 10.3 Å². The van der Waals surface area contributed by atoms with Gasteiger partial charge in [0.1, 0.15) is 16.9 Å². The van der Waals surface area contributed by atoms with Gasteiger partial charge in [0.05, 0.1) is 6.20 Å². The highest BCUT2D eigenvalue weighted by Gasteiger charge is 2.17. The number of benzene rings is 1. The molecule has 0 aliphatic carbocycles. The summed E-state index contributed by atoms with van der Waals surface area (Å²) >= 11 is 7.07. The number of rotatable bonds is 5. The fourth-order valence-corrected chi connectivity index (χ4v) is 2.19. The molecule has 0 saturated heterocycles. The lowest BCUT2D eigenvalue weighted by Gasteiger charge is -2.09. The highest BCUT2D eigenvalue weighted by Crippen LogP contribution is 2.21. The van der Waals surface area contributed by atoms with E-state index in [1.165, 1.54) is 11.8 Å². The van der Waals surface area contributed by atoms with E-state index < -0.39 is 0 Å². The standard InChI is InChI=1S/C12H12ClN3O2S/c1-8(19-11-6-14-16-15-11)12(17)18-7-9-2-4-10(13)5-3-9/h2-6,8H,7H2,1H3,(H,14,15,16). The van der Waals surface area contributed by atoms with Gasteiger partial charge in [-0.15, -0.1) is 5.10 Å². The third kappa shape index (κ3) is 4.25. The third-order valence-electron chi connectivity index (χ3n) is 2.32. The Morgan fingerprint density at radius 3 is 2.84 bits per heavy atom. The van der Waals surface area contributed by atoms with Crippen molar-refractivity contribution in [2.24, 2.45) is 0 Å². The van der Waals surface area contributed by atoms with Gasteiger partial charge in [0, 0.05) is 5.02 Å². The summed E-state index contributed by atoms with van der Waals surface area (Å²) in [7, 11) is 0. The van der Waals surface area contributed by atoms with Crippen molar-refractivity contribution in [3.63, 3.8) is 0 Å². The number of nitrogens with zero attached hydrogens (tertiary/aromatic N) is 2. The molecule has 1 N–H and O–H groups in total. The molecule has 1 heterocycles. The van der Waals surface area contributed by atoms with Crippen LogP contribution in [0.1, 0.15) is 12.5 Å². The van der Waals surface area contributed by atoms with Crippen molar-refractivity contribution in [3.05, 3.63) is 41.0 Å². The quantitative estimate of drug-likeness (QED) is 0.679. The van der Waals surface area contributed by atoms with Crippen LogP contribution in [0.3, 0.4) is 0 Å². The Bertz CT molecular complexity index is 530. The Morgan fingerprint density at radius 1 is 1.47 bits per heavy atom. The summed E-state index contributed by atoms with van der Waals surface area (Å²) in [5.41, 5.74) is 0.899. The predicted molar refractivity (Wildman–Crippen MR) is 72.9 cm³/mol. The maximum Gasteiger partial charge on any atom is 0.319 e. The van der Waals surface area contributed by atoms with E-state index in [4.69, 9.17) is 16.3 Å². The van der Waals surface area contributed by atoms with E-state index in [0.717, 1.165) is 5.56 Å². The van der Waals surface area contributed by atoms with Gasteiger partial charge in [-0.3, -0.25) is 4.79 Å². The topological polar surface area (TPSA) is 67.9 Å². The lowest BCUT2D eigenvalue weighted by molar-refractivity contribution is -0.143. The summed E-state index contributed by atoms with van der Waals surface area (Å²) in [5, 5.41) is 11.0. The molecular formula is C12H12ClN3O2S. The van der Waals surface area contributed by atoms with Crippen molar-refractivity contribution < 1.29 is 9.53 Å². The zero-order chi connectivity index (χ0) is 13.7. The van der Waals surface area contributed by atoms with Crippen LogP contribution >= 0.6 is 23.4 Å². The molecule has 0 fully saturated rings. The van der Waals surface area contributed by atoms with Crippen LogP contribution in [0.25, 0.3) is 0 Å². The summed E-state index contributed by atoms with van der Waals surface area (Å²) in [6, 6.07) is 7.17. The summed E-state index contributed by atoms with van der Waals surface area (Å²) in [4.78, 5) is 11.8. The molecule has 5 nitrogen and oxygen atoms in total. The van der Waals surface area contributed by atoms with Crippen LogP contribution in [0.5, 0.6) is 0 Å². The molecular weight excluding hydrogens is 286 g/mol. The Hall–Kier alpha value is -1.53. The van der Waals surface area contributed by atoms with Crippen LogP contribution in [0.2, 0.25) is 5.02 Å². The lowest BCUT2D eigenvalue weighted by Crippen LogP contribution is -2.16. The van der Waals surface area contributed by atoms with Gasteiger partial charge in [0.2, 0.25) is 0 Å². The minimum absolute atomic E-state index is 0.236.